The molecule has 0 unspecified atom stereocenters. The minimum atomic E-state index is 0.374. The third-order valence-corrected chi connectivity index (χ3v) is 5.10. The van der Waals surface area contributed by atoms with Gasteiger partial charge in [-0.1, -0.05) is 5.92 Å². The summed E-state index contributed by atoms with van der Waals surface area (Å²) in [4.78, 5) is 4.60. The fourth-order valence-corrected chi connectivity index (χ4v) is 3.55. The zero-order chi connectivity index (χ0) is 20.3. The predicted molar refractivity (Wildman–Crippen MR) is 114 cm³/mol. The van der Waals surface area contributed by atoms with Crippen molar-refractivity contribution < 1.29 is 14.2 Å². The SMILES string of the molecule is C#CCn1cnc(-c2cc(OC)c(Br)c(OC)c2)c1-c1ccc(OC)c(N)c1. The summed E-state index contributed by atoms with van der Waals surface area (Å²) < 4.78 is 18.8. The van der Waals surface area contributed by atoms with Gasteiger partial charge in [-0.05, 0) is 46.3 Å². The molecule has 0 saturated heterocycles. The third-order valence-electron chi connectivity index (χ3n) is 4.32. The Balaban J connectivity index is 2.24. The molecule has 0 amide bonds. The molecule has 6 nitrogen and oxygen atoms in total. The van der Waals surface area contributed by atoms with Gasteiger partial charge in [-0.2, -0.15) is 0 Å². The van der Waals surface area contributed by atoms with Gasteiger partial charge in [0.2, 0.25) is 0 Å². The fraction of sp³-hybridized carbons (Fsp3) is 0.190. The second kappa shape index (κ2) is 8.28. The van der Waals surface area contributed by atoms with Gasteiger partial charge in [0.05, 0.1) is 51.3 Å². The van der Waals surface area contributed by atoms with Crippen LogP contribution in [0.4, 0.5) is 5.69 Å². The first-order valence-electron chi connectivity index (χ1n) is 8.38. The highest BCUT2D eigenvalue weighted by Gasteiger charge is 2.19. The molecule has 28 heavy (non-hydrogen) atoms. The molecule has 1 aromatic heterocycles. The van der Waals surface area contributed by atoms with Gasteiger partial charge in [0, 0.05) is 11.1 Å². The van der Waals surface area contributed by atoms with Gasteiger partial charge in [0.25, 0.3) is 0 Å². The maximum Gasteiger partial charge on any atom is 0.141 e. The van der Waals surface area contributed by atoms with Crippen LogP contribution in [0.5, 0.6) is 17.2 Å². The number of halogens is 1. The second-order valence-electron chi connectivity index (χ2n) is 5.93. The number of nitrogens with zero attached hydrogens (tertiary/aromatic N) is 2. The van der Waals surface area contributed by atoms with E-state index in [1.165, 1.54) is 0 Å². The van der Waals surface area contributed by atoms with Crippen LogP contribution in [0.15, 0.2) is 41.1 Å². The maximum absolute atomic E-state index is 6.12. The summed E-state index contributed by atoms with van der Waals surface area (Å²) in [6, 6.07) is 9.39. The molecule has 2 N–H and O–H groups in total. The van der Waals surface area contributed by atoms with E-state index in [0.29, 0.717) is 29.5 Å². The Morgan fingerprint density at radius 3 is 2.21 bits per heavy atom. The maximum atomic E-state index is 6.12. The number of aromatic nitrogens is 2. The molecule has 0 aliphatic heterocycles. The summed E-state index contributed by atoms with van der Waals surface area (Å²) in [5.41, 5.74) is 9.95. The average Bonchev–Trinajstić information content (AvgIpc) is 3.12. The lowest BCUT2D eigenvalue weighted by atomic mass is 10.0. The first kappa shape index (κ1) is 19.6. The number of rotatable bonds is 6. The number of terminal acetylenes is 1. The van der Waals surface area contributed by atoms with Crippen LogP contribution in [0, 0.1) is 12.3 Å². The smallest absolute Gasteiger partial charge is 0.141 e. The van der Waals surface area contributed by atoms with Crippen molar-refractivity contribution in [1.29, 1.82) is 0 Å². The average molecular weight is 442 g/mol. The molecule has 144 valence electrons. The number of ether oxygens (including phenoxy) is 3. The highest BCUT2D eigenvalue weighted by molar-refractivity contribution is 9.10. The summed E-state index contributed by atoms with van der Waals surface area (Å²) >= 11 is 3.49. The number of anilines is 1. The normalized spacial score (nSPS) is 10.4. The van der Waals surface area contributed by atoms with Crippen LogP contribution in [-0.2, 0) is 6.54 Å². The van der Waals surface area contributed by atoms with Crippen molar-refractivity contribution in [2.45, 2.75) is 6.54 Å². The first-order chi connectivity index (χ1) is 13.5. The minimum Gasteiger partial charge on any atom is -0.495 e. The Bertz CT molecular complexity index is 1030. The first-order valence-corrected chi connectivity index (χ1v) is 9.17. The van der Waals surface area contributed by atoms with E-state index >= 15 is 0 Å². The molecular formula is C21H20BrN3O3. The molecule has 3 aromatic rings. The highest BCUT2D eigenvalue weighted by atomic mass is 79.9. The predicted octanol–water partition coefficient (Wildman–Crippen LogP) is 4.22. The monoisotopic (exact) mass is 441 g/mol. The number of benzene rings is 2. The highest BCUT2D eigenvalue weighted by Crippen LogP contribution is 2.41. The van der Waals surface area contributed by atoms with Gasteiger partial charge in [-0.15, -0.1) is 6.42 Å². The molecule has 1 heterocycles. The van der Waals surface area contributed by atoms with E-state index < -0.39 is 0 Å². The number of nitrogens with two attached hydrogens (primary N) is 1. The van der Waals surface area contributed by atoms with Crippen LogP contribution in [0.3, 0.4) is 0 Å². The number of methoxy groups -OCH3 is 3. The second-order valence-corrected chi connectivity index (χ2v) is 6.72. The topological polar surface area (TPSA) is 71.5 Å². The van der Waals surface area contributed by atoms with E-state index in [1.807, 2.05) is 34.9 Å². The van der Waals surface area contributed by atoms with E-state index in [-0.39, 0.29) is 0 Å². The molecule has 7 heteroatoms. The van der Waals surface area contributed by atoms with Crippen molar-refractivity contribution in [3.8, 4) is 52.1 Å². The minimum absolute atomic E-state index is 0.374. The number of hydrogen-bond donors (Lipinski definition) is 1. The van der Waals surface area contributed by atoms with Gasteiger partial charge < -0.3 is 24.5 Å². The summed E-state index contributed by atoms with van der Waals surface area (Å²) in [7, 11) is 4.79. The van der Waals surface area contributed by atoms with Crippen molar-refractivity contribution >= 4 is 21.6 Å². The molecule has 0 saturated carbocycles. The van der Waals surface area contributed by atoms with Crippen LogP contribution in [-0.4, -0.2) is 30.9 Å². The van der Waals surface area contributed by atoms with E-state index in [4.69, 9.17) is 26.4 Å². The van der Waals surface area contributed by atoms with Gasteiger partial charge in [0.15, 0.2) is 0 Å². The van der Waals surface area contributed by atoms with E-state index in [2.05, 4.69) is 26.8 Å². The molecule has 0 aliphatic rings. The van der Waals surface area contributed by atoms with Gasteiger partial charge >= 0.3 is 0 Å². The summed E-state index contributed by atoms with van der Waals surface area (Å²) in [5, 5.41) is 0. The Morgan fingerprint density at radius 2 is 1.68 bits per heavy atom. The Kier molecular flexibility index (Phi) is 5.81. The molecule has 0 radical (unpaired) electrons. The molecule has 2 aromatic carbocycles. The molecule has 3 rings (SSSR count). The van der Waals surface area contributed by atoms with Crippen molar-refractivity contribution in [3.05, 3.63) is 41.1 Å². The van der Waals surface area contributed by atoms with E-state index in [0.717, 1.165) is 27.0 Å². The molecule has 0 atom stereocenters. The zero-order valence-electron chi connectivity index (χ0n) is 15.8. The zero-order valence-corrected chi connectivity index (χ0v) is 17.4. The summed E-state index contributed by atoms with van der Waals surface area (Å²) in [6.45, 7) is 0.374. The molecular weight excluding hydrogens is 422 g/mol. The van der Waals surface area contributed by atoms with Crippen LogP contribution >= 0.6 is 15.9 Å². The molecule has 0 bridgehead atoms. The lowest BCUT2D eigenvalue weighted by molar-refractivity contribution is 0.390. The number of nitrogen functional groups attached to an aromatic ring is 1. The van der Waals surface area contributed by atoms with Crippen molar-refractivity contribution in [2.24, 2.45) is 0 Å². The van der Waals surface area contributed by atoms with E-state index in [1.54, 1.807) is 27.7 Å². The number of hydrogen-bond acceptors (Lipinski definition) is 5. The summed E-state index contributed by atoms with van der Waals surface area (Å²) in [5.74, 6) is 4.55. The Morgan fingerprint density at radius 1 is 1.04 bits per heavy atom. The lowest BCUT2D eigenvalue weighted by Crippen LogP contribution is -1.99. The molecule has 0 aliphatic carbocycles. The Labute approximate surface area is 172 Å². The fourth-order valence-electron chi connectivity index (χ4n) is 3.00. The summed E-state index contributed by atoms with van der Waals surface area (Å²) in [6.07, 6.45) is 7.27. The van der Waals surface area contributed by atoms with Crippen LogP contribution in [0.25, 0.3) is 22.5 Å². The van der Waals surface area contributed by atoms with E-state index in [9.17, 15) is 0 Å². The van der Waals surface area contributed by atoms with Crippen LogP contribution in [0.2, 0.25) is 0 Å². The van der Waals surface area contributed by atoms with Crippen molar-refractivity contribution in [2.75, 3.05) is 27.1 Å². The number of imidazole rings is 1. The van der Waals surface area contributed by atoms with Gasteiger partial charge in [-0.3, -0.25) is 0 Å². The molecule has 0 fully saturated rings. The van der Waals surface area contributed by atoms with Gasteiger partial charge in [0.1, 0.15) is 21.7 Å². The Hall–Kier alpha value is -3.11. The van der Waals surface area contributed by atoms with Crippen molar-refractivity contribution in [3.63, 3.8) is 0 Å². The quantitative estimate of drug-likeness (QED) is 0.457. The standard InChI is InChI=1S/C21H20BrN3O3/c1-5-8-25-12-24-20(14-10-17(27-3)19(22)18(11-14)28-4)21(25)13-6-7-16(26-2)15(23)9-13/h1,6-7,9-12H,8,23H2,2-4H3. The van der Waals surface area contributed by atoms with Crippen LogP contribution < -0.4 is 19.9 Å². The molecule has 0 spiro atoms. The third kappa shape index (κ3) is 3.51. The largest absolute Gasteiger partial charge is 0.495 e. The van der Waals surface area contributed by atoms with Crippen molar-refractivity contribution in [1.82, 2.24) is 9.55 Å². The van der Waals surface area contributed by atoms with Crippen LogP contribution in [0.1, 0.15) is 0 Å². The lowest BCUT2D eigenvalue weighted by Gasteiger charge is -2.14. The van der Waals surface area contributed by atoms with Gasteiger partial charge in [-0.25, -0.2) is 4.98 Å².